The average molecular weight is 329 g/mol. The van der Waals surface area contributed by atoms with Crippen LogP contribution in [0.3, 0.4) is 0 Å². The predicted octanol–water partition coefficient (Wildman–Crippen LogP) is 2.01. The Morgan fingerprint density at radius 1 is 1.21 bits per heavy atom. The molecule has 1 aliphatic rings. The highest BCUT2D eigenvalue weighted by Crippen LogP contribution is 2.19. The van der Waals surface area contributed by atoms with Gasteiger partial charge in [-0.3, -0.25) is 4.79 Å². The quantitative estimate of drug-likeness (QED) is 0.813. The zero-order valence-corrected chi connectivity index (χ0v) is 14.7. The Labute approximate surface area is 143 Å². The fourth-order valence-electron chi connectivity index (χ4n) is 3.47. The molecule has 1 aliphatic heterocycles. The molecule has 0 N–H and O–H groups in total. The van der Waals surface area contributed by atoms with E-state index < -0.39 is 0 Å². The van der Waals surface area contributed by atoms with E-state index in [0.717, 1.165) is 56.6 Å². The van der Waals surface area contributed by atoms with Crippen molar-refractivity contribution in [1.29, 1.82) is 0 Å². The second kappa shape index (κ2) is 7.75. The van der Waals surface area contributed by atoms with Gasteiger partial charge in [-0.15, -0.1) is 5.10 Å². The molecule has 0 radical (unpaired) electrons. The molecule has 1 saturated heterocycles. The lowest BCUT2D eigenvalue weighted by Crippen LogP contribution is -2.42. The highest BCUT2D eigenvalue weighted by Gasteiger charge is 2.24. The summed E-state index contributed by atoms with van der Waals surface area (Å²) in [7, 11) is 0. The van der Waals surface area contributed by atoms with Crippen LogP contribution >= 0.6 is 0 Å². The van der Waals surface area contributed by atoms with Crippen molar-refractivity contribution in [3.63, 3.8) is 0 Å². The summed E-state index contributed by atoms with van der Waals surface area (Å²) in [5.74, 6) is 0.855. The molecule has 1 aromatic carbocycles. The lowest BCUT2D eigenvalue weighted by atomic mass is 9.96. The van der Waals surface area contributed by atoms with Gasteiger partial charge in [0.15, 0.2) is 0 Å². The number of aromatic nitrogens is 3. The molecule has 130 valence electrons. The summed E-state index contributed by atoms with van der Waals surface area (Å²) in [5.41, 5.74) is 1.76. The van der Waals surface area contributed by atoms with E-state index in [0.29, 0.717) is 5.92 Å². The Bertz CT molecular complexity index is 671. The number of fused-ring (bicyclic) bond motifs is 1. The van der Waals surface area contributed by atoms with E-state index in [9.17, 15) is 4.79 Å². The van der Waals surface area contributed by atoms with Crippen LogP contribution in [0.4, 0.5) is 0 Å². The second-order valence-electron chi connectivity index (χ2n) is 6.55. The average Bonchev–Trinajstić information content (AvgIpc) is 3.03. The Balaban J connectivity index is 1.54. The van der Waals surface area contributed by atoms with Crippen molar-refractivity contribution in [3.05, 3.63) is 24.3 Å². The minimum atomic E-state index is 0.145. The highest BCUT2D eigenvalue weighted by atomic mass is 16.2. The normalized spacial score (nSPS) is 16.2. The SMILES string of the molecule is CCN(CC)CC1CCN(C(=O)Cn2nnc3ccccc32)CC1. The molecule has 2 heterocycles. The van der Waals surface area contributed by atoms with E-state index in [4.69, 9.17) is 0 Å². The van der Waals surface area contributed by atoms with Crippen LogP contribution in [-0.2, 0) is 11.3 Å². The first-order valence-corrected chi connectivity index (χ1v) is 8.99. The summed E-state index contributed by atoms with van der Waals surface area (Å²) < 4.78 is 1.71. The first-order valence-electron chi connectivity index (χ1n) is 8.99. The monoisotopic (exact) mass is 329 g/mol. The van der Waals surface area contributed by atoms with Crippen LogP contribution in [0, 0.1) is 5.92 Å². The third kappa shape index (κ3) is 3.75. The number of rotatable bonds is 6. The van der Waals surface area contributed by atoms with Crippen molar-refractivity contribution in [2.45, 2.75) is 33.2 Å². The first-order chi connectivity index (χ1) is 11.7. The first kappa shape index (κ1) is 16.9. The molecule has 6 nitrogen and oxygen atoms in total. The molecule has 1 amide bonds. The van der Waals surface area contributed by atoms with Gasteiger partial charge >= 0.3 is 0 Å². The Kier molecular flexibility index (Phi) is 5.45. The van der Waals surface area contributed by atoms with E-state index in [-0.39, 0.29) is 12.5 Å². The second-order valence-corrected chi connectivity index (χ2v) is 6.55. The minimum absolute atomic E-state index is 0.145. The number of amides is 1. The smallest absolute Gasteiger partial charge is 0.244 e. The van der Waals surface area contributed by atoms with Gasteiger partial charge in [0.1, 0.15) is 12.1 Å². The zero-order valence-electron chi connectivity index (χ0n) is 14.7. The predicted molar refractivity (Wildman–Crippen MR) is 94.6 cm³/mol. The summed E-state index contributed by atoms with van der Waals surface area (Å²) >= 11 is 0. The van der Waals surface area contributed by atoms with Crippen molar-refractivity contribution in [2.75, 3.05) is 32.7 Å². The van der Waals surface area contributed by atoms with E-state index >= 15 is 0 Å². The van der Waals surface area contributed by atoms with Crippen molar-refractivity contribution in [3.8, 4) is 0 Å². The number of carbonyl (C=O) groups is 1. The van der Waals surface area contributed by atoms with Crippen LogP contribution in [0.1, 0.15) is 26.7 Å². The minimum Gasteiger partial charge on any atom is -0.341 e. The molecule has 6 heteroatoms. The maximum Gasteiger partial charge on any atom is 0.244 e. The number of hydrogen-bond acceptors (Lipinski definition) is 4. The Morgan fingerprint density at radius 2 is 1.92 bits per heavy atom. The maximum atomic E-state index is 12.6. The molecule has 0 aliphatic carbocycles. The van der Waals surface area contributed by atoms with E-state index in [1.54, 1.807) is 4.68 Å². The van der Waals surface area contributed by atoms with Gasteiger partial charge in [0.2, 0.25) is 5.91 Å². The Morgan fingerprint density at radius 3 is 2.62 bits per heavy atom. The van der Waals surface area contributed by atoms with Gasteiger partial charge in [-0.2, -0.15) is 0 Å². The van der Waals surface area contributed by atoms with Crippen molar-refractivity contribution in [2.24, 2.45) is 5.92 Å². The summed E-state index contributed by atoms with van der Waals surface area (Å²) in [6, 6.07) is 7.76. The summed E-state index contributed by atoms with van der Waals surface area (Å²) in [5, 5.41) is 8.24. The molecule has 1 aromatic heterocycles. The number of piperidine rings is 1. The molecule has 3 rings (SSSR count). The van der Waals surface area contributed by atoms with Crippen LogP contribution in [0.25, 0.3) is 11.0 Å². The molecular weight excluding hydrogens is 302 g/mol. The van der Waals surface area contributed by atoms with Crippen LogP contribution in [0.15, 0.2) is 24.3 Å². The van der Waals surface area contributed by atoms with E-state index in [1.165, 1.54) is 0 Å². The van der Waals surface area contributed by atoms with Crippen molar-refractivity contribution >= 4 is 16.9 Å². The van der Waals surface area contributed by atoms with Gasteiger partial charge in [0, 0.05) is 19.6 Å². The van der Waals surface area contributed by atoms with E-state index in [1.807, 2.05) is 29.2 Å². The summed E-state index contributed by atoms with van der Waals surface area (Å²) in [4.78, 5) is 17.0. The van der Waals surface area contributed by atoms with Crippen molar-refractivity contribution in [1.82, 2.24) is 24.8 Å². The number of likely N-dealkylation sites (tertiary alicyclic amines) is 1. The fraction of sp³-hybridized carbons (Fsp3) is 0.611. The maximum absolute atomic E-state index is 12.6. The summed E-state index contributed by atoms with van der Waals surface area (Å²) in [6.45, 7) is 9.79. The molecule has 0 bridgehead atoms. The zero-order chi connectivity index (χ0) is 16.9. The number of nitrogens with zero attached hydrogens (tertiary/aromatic N) is 5. The largest absolute Gasteiger partial charge is 0.341 e. The molecule has 1 fully saturated rings. The number of hydrogen-bond donors (Lipinski definition) is 0. The van der Waals surface area contributed by atoms with Gasteiger partial charge in [-0.05, 0) is 44.0 Å². The number of benzene rings is 1. The lowest BCUT2D eigenvalue weighted by Gasteiger charge is -2.34. The molecule has 0 saturated carbocycles. The van der Waals surface area contributed by atoms with Gasteiger partial charge in [0.05, 0.1) is 5.52 Å². The van der Waals surface area contributed by atoms with Crippen LogP contribution in [0.5, 0.6) is 0 Å². The Hall–Kier alpha value is -1.95. The van der Waals surface area contributed by atoms with Crippen LogP contribution < -0.4 is 0 Å². The highest BCUT2D eigenvalue weighted by molar-refractivity contribution is 5.79. The molecule has 2 aromatic rings. The van der Waals surface area contributed by atoms with E-state index in [2.05, 4.69) is 29.1 Å². The van der Waals surface area contributed by atoms with Crippen LogP contribution in [0.2, 0.25) is 0 Å². The number of para-hydroxylation sites is 1. The molecular formula is C18H27N5O. The molecule has 0 unspecified atom stereocenters. The van der Waals surface area contributed by atoms with Gasteiger partial charge < -0.3 is 9.80 Å². The molecule has 24 heavy (non-hydrogen) atoms. The number of carbonyl (C=O) groups excluding carboxylic acids is 1. The third-order valence-electron chi connectivity index (χ3n) is 5.08. The van der Waals surface area contributed by atoms with Gasteiger partial charge in [0.25, 0.3) is 0 Å². The van der Waals surface area contributed by atoms with Crippen LogP contribution in [-0.4, -0.2) is 63.4 Å². The van der Waals surface area contributed by atoms with Gasteiger partial charge in [-0.25, -0.2) is 4.68 Å². The standard InChI is InChI=1S/C18H27N5O/c1-3-21(4-2)13-15-9-11-22(12-10-15)18(24)14-23-17-8-6-5-7-16(17)19-20-23/h5-8,15H,3-4,9-14H2,1-2H3. The lowest BCUT2D eigenvalue weighted by molar-refractivity contribution is -0.133. The molecule has 0 spiro atoms. The third-order valence-corrected chi connectivity index (χ3v) is 5.08. The van der Waals surface area contributed by atoms with Crippen molar-refractivity contribution < 1.29 is 4.79 Å². The molecule has 0 atom stereocenters. The van der Waals surface area contributed by atoms with Gasteiger partial charge in [-0.1, -0.05) is 31.2 Å². The summed E-state index contributed by atoms with van der Waals surface area (Å²) in [6.07, 6.45) is 2.20. The topological polar surface area (TPSA) is 54.3 Å². The fourth-order valence-corrected chi connectivity index (χ4v) is 3.47.